The lowest BCUT2D eigenvalue weighted by atomic mass is 10.1. The Morgan fingerprint density at radius 1 is 0.964 bits per heavy atom. The van der Waals surface area contributed by atoms with Crippen molar-refractivity contribution in [2.75, 3.05) is 0 Å². The van der Waals surface area contributed by atoms with Crippen molar-refractivity contribution in [2.45, 2.75) is 12.8 Å². The van der Waals surface area contributed by atoms with Gasteiger partial charge in [0.05, 0.1) is 23.7 Å². The van der Waals surface area contributed by atoms with Gasteiger partial charge in [0.2, 0.25) is 0 Å². The Labute approximate surface area is 157 Å². The Kier molecular flexibility index (Phi) is 4.48. The minimum atomic E-state index is -1.15. The number of imidazole rings is 1. The lowest BCUT2D eigenvalue weighted by molar-refractivity contribution is 0.0694. The number of hydrogen-bond acceptors (Lipinski definition) is 5. The van der Waals surface area contributed by atoms with Crippen molar-refractivity contribution >= 4 is 11.6 Å². The zero-order valence-electron chi connectivity index (χ0n) is 14.4. The number of pyridine rings is 2. The van der Waals surface area contributed by atoms with Gasteiger partial charge in [0.1, 0.15) is 23.0 Å². The highest BCUT2D eigenvalue weighted by atomic mass is 19.1. The number of aryl methyl sites for hydroxylation is 2. The molecule has 0 saturated carbocycles. The molecule has 0 atom stereocenters. The van der Waals surface area contributed by atoms with E-state index in [4.69, 9.17) is 0 Å². The predicted octanol–water partition coefficient (Wildman–Crippen LogP) is 2.95. The molecule has 4 aromatic heterocycles. The molecule has 4 aromatic rings. The van der Waals surface area contributed by atoms with Crippen LogP contribution in [0.3, 0.4) is 0 Å². The van der Waals surface area contributed by atoms with Crippen molar-refractivity contribution in [2.24, 2.45) is 0 Å². The van der Waals surface area contributed by atoms with E-state index in [1.54, 1.807) is 0 Å². The Morgan fingerprint density at radius 2 is 1.79 bits per heavy atom. The quantitative estimate of drug-likeness (QED) is 0.571. The van der Waals surface area contributed by atoms with Crippen LogP contribution in [0.15, 0.2) is 49.1 Å². The molecule has 0 fully saturated rings. The van der Waals surface area contributed by atoms with Crippen LogP contribution in [0.2, 0.25) is 0 Å². The lowest BCUT2D eigenvalue weighted by Crippen LogP contribution is -2.09. The molecule has 0 aromatic carbocycles. The van der Waals surface area contributed by atoms with Gasteiger partial charge in [-0.1, -0.05) is 0 Å². The molecule has 0 aliphatic carbocycles. The van der Waals surface area contributed by atoms with E-state index in [2.05, 4.69) is 19.9 Å². The summed E-state index contributed by atoms with van der Waals surface area (Å²) >= 11 is 0. The number of carbonyl (C=O) groups is 1. The number of aromatic nitrogens is 5. The molecule has 0 unspecified atom stereocenters. The summed E-state index contributed by atoms with van der Waals surface area (Å²) in [7, 11) is 0. The molecule has 0 spiro atoms. The van der Waals surface area contributed by atoms with Crippen molar-refractivity contribution in [3.63, 3.8) is 0 Å². The van der Waals surface area contributed by atoms with E-state index in [0.29, 0.717) is 29.1 Å². The average Bonchev–Trinajstić information content (AvgIpc) is 3.10. The molecule has 28 heavy (non-hydrogen) atoms. The van der Waals surface area contributed by atoms with Crippen LogP contribution in [0, 0.1) is 11.6 Å². The Morgan fingerprint density at radius 3 is 2.54 bits per heavy atom. The van der Waals surface area contributed by atoms with Gasteiger partial charge in [-0.2, -0.15) is 0 Å². The maximum atomic E-state index is 13.6. The summed E-state index contributed by atoms with van der Waals surface area (Å²) in [6.07, 6.45) is 5.71. The topological polar surface area (TPSA) is 93.3 Å². The summed E-state index contributed by atoms with van der Waals surface area (Å²) in [5.74, 6) is -1.82. The van der Waals surface area contributed by atoms with Crippen LogP contribution in [-0.4, -0.2) is 35.4 Å². The predicted molar refractivity (Wildman–Crippen MR) is 94.7 cm³/mol. The first kappa shape index (κ1) is 17.7. The normalized spacial score (nSPS) is 11.1. The standard InChI is InChI=1S/C19H13F2N5O2/c20-11-1-3-13(22-7-11)4-5-15-14(19(27)28)8-24-18(25-15)16-9-23-17-6-2-12(21)10-26(16)17/h1-3,6-10H,4-5H2,(H,27,28). The van der Waals surface area contributed by atoms with E-state index >= 15 is 0 Å². The van der Waals surface area contributed by atoms with Crippen molar-refractivity contribution < 1.29 is 18.7 Å². The summed E-state index contributed by atoms with van der Waals surface area (Å²) in [6.45, 7) is 0. The Hall–Kier alpha value is -3.75. The first-order valence-corrected chi connectivity index (χ1v) is 8.34. The second-order valence-electron chi connectivity index (χ2n) is 6.05. The summed E-state index contributed by atoms with van der Waals surface area (Å²) in [5, 5.41) is 9.42. The van der Waals surface area contributed by atoms with Crippen LogP contribution in [0.25, 0.3) is 17.2 Å². The number of carboxylic acid groups (broad SMARTS) is 1. The largest absolute Gasteiger partial charge is 0.478 e. The summed E-state index contributed by atoms with van der Waals surface area (Å²) < 4.78 is 28.1. The smallest absolute Gasteiger partial charge is 0.339 e. The minimum Gasteiger partial charge on any atom is -0.478 e. The molecular weight excluding hydrogens is 368 g/mol. The molecule has 9 heteroatoms. The van der Waals surface area contributed by atoms with Crippen LogP contribution in [0.4, 0.5) is 8.78 Å². The third-order valence-corrected chi connectivity index (χ3v) is 4.20. The fourth-order valence-corrected chi connectivity index (χ4v) is 2.83. The fourth-order valence-electron chi connectivity index (χ4n) is 2.83. The molecule has 7 nitrogen and oxygen atoms in total. The third kappa shape index (κ3) is 3.41. The van der Waals surface area contributed by atoms with Crippen LogP contribution < -0.4 is 0 Å². The second kappa shape index (κ2) is 7.10. The van der Waals surface area contributed by atoms with Crippen LogP contribution in [-0.2, 0) is 12.8 Å². The van der Waals surface area contributed by atoms with E-state index in [9.17, 15) is 18.7 Å². The molecule has 0 bridgehead atoms. The zero-order chi connectivity index (χ0) is 19.7. The van der Waals surface area contributed by atoms with Gasteiger partial charge in [-0.05, 0) is 37.1 Å². The molecule has 1 N–H and O–H groups in total. The average molecular weight is 381 g/mol. The molecule has 4 heterocycles. The monoisotopic (exact) mass is 381 g/mol. The van der Waals surface area contributed by atoms with Crippen molar-refractivity contribution in [1.82, 2.24) is 24.3 Å². The highest BCUT2D eigenvalue weighted by Gasteiger charge is 2.17. The van der Waals surface area contributed by atoms with Crippen LogP contribution in [0.1, 0.15) is 21.7 Å². The minimum absolute atomic E-state index is 0.0362. The van der Waals surface area contributed by atoms with E-state index in [0.717, 1.165) is 6.20 Å². The first-order valence-electron chi connectivity index (χ1n) is 8.34. The number of aromatic carboxylic acids is 1. The van der Waals surface area contributed by atoms with E-state index in [-0.39, 0.29) is 17.8 Å². The highest BCUT2D eigenvalue weighted by Crippen LogP contribution is 2.20. The highest BCUT2D eigenvalue weighted by molar-refractivity contribution is 5.88. The molecule has 0 radical (unpaired) electrons. The van der Waals surface area contributed by atoms with Crippen molar-refractivity contribution in [1.29, 1.82) is 0 Å². The van der Waals surface area contributed by atoms with E-state index < -0.39 is 17.6 Å². The van der Waals surface area contributed by atoms with Gasteiger partial charge >= 0.3 is 5.97 Å². The van der Waals surface area contributed by atoms with Gasteiger partial charge in [-0.3, -0.25) is 9.38 Å². The molecule has 0 saturated heterocycles. The molecular formula is C19H13F2N5O2. The van der Waals surface area contributed by atoms with E-state index in [1.807, 2.05) is 0 Å². The second-order valence-corrected chi connectivity index (χ2v) is 6.05. The molecule has 0 amide bonds. The number of hydrogen-bond donors (Lipinski definition) is 1. The van der Waals surface area contributed by atoms with Crippen LogP contribution in [0.5, 0.6) is 0 Å². The van der Waals surface area contributed by atoms with Gasteiger partial charge in [0, 0.05) is 18.1 Å². The summed E-state index contributed by atoms with van der Waals surface area (Å²) in [5.41, 5.74) is 1.82. The van der Waals surface area contributed by atoms with Gasteiger partial charge in [-0.25, -0.2) is 28.5 Å². The molecule has 0 aliphatic rings. The lowest BCUT2D eigenvalue weighted by Gasteiger charge is -2.08. The first-order chi connectivity index (χ1) is 13.5. The van der Waals surface area contributed by atoms with Gasteiger partial charge in [-0.15, -0.1) is 0 Å². The molecule has 140 valence electrons. The summed E-state index contributed by atoms with van der Waals surface area (Å²) in [4.78, 5) is 28.1. The maximum absolute atomic E-state index is 13.6. The van der Waals surface area contributed by atoms with Gasteiger partial charge < -0.3 is 5.11 Å². The van der Waals surface area contributed by atoms with Crippen molar-refractivity contribution in [3.05, 3.63) is 77.6 Å². The SMILES string of the molecule is O=C(O)c1cnc(-c2cnc3ccc(F)cn23)nc1CCc1ccc(F)cn1. The van der Waals surface area contributed by atoms with Gasteiger partial charge in [0.25, 0.3) is 0 Å². The fraction of sp³-hybridized carbons (Fsp3) is 0.105. The third-order valence-electron chi connectivity index (χ3n) is 4.20. The Bertz CT molecular complexity index is 1170. The van der Waals surface area contributed by atoms with Crippen molar-refractivity contribution in [3.8, 4) is 11.5 Å². The maximum Gasteiger partial charge on any atom is 0.339 e. The number of carboxylic acids is 1. The number of rotatable bonds is 5. The Balaban J connectivity index is 1.71. The number of fused-ring (bicyclic) bond motifs is 1. The molecule has 4 rings (SSSR count). The number of halogens is 2. The van der Waals surface area contributed by atoms with Gasteiger partial charge in [0.15, 0.2) is 5.82 Å². The van der Waals surface area contributed by atoms with Crippen LogP contribution >= 0.6 is 0 Å². The molecule has 0 aliphatic heterocycles. The number of nitrogens with zero attached hydrogens (tertiary/aromatic N) is 5. The zero-order valence-corrected chi connectivity index (χ0v) is 14.4. The summed E-state index contributed by atoms with van der Waals surface area (Å²) in [6, 6.07) is 5.64. The van der Waals surface area contributed by atoms with E-state index in [1.165, 1.54) is 47.3 Å².